The molecule has 6 heteroatoms. The van der Waals surface area contributed by atoms with Gasteiger partial charge in [-0.2, -0.15) is 4.68 Å². The largest absolute Gasteiger partial charge is 0.366 e. The van der Waals surface area contributed by atoms with Crippen LogP contribution in [0.25, 0.3) is 16.6 Å². The number of aryl methyl sites for hydroxylation is 1. The Labute approximate surface area is 97.1 Å². The standard InChI is InChI=1S/C11H10N6/c1-7-5-6-8-3-2-4-9(10(8)13-7)17-11(12)14-15-16-17/h2-6H,1H3,(H2,12,14,16). The summed E-state index contributed by atoms with van der Waals surface area (Å²) in [6.45, 7) is 1.94. The van der Waals surface area contributed by atoms with Crippen molar-refractivity contribution in [2.45, 2.75) is 6.92 Å². The normalized spacial score (nSPS) is 10.9. The third-order valence-electron chi connectivity index (χ3n) is 2.56. The van der Waals surface area contributed by atoms with E-state index in [4.69, 9.17) is 5.73 Å². The molecule has 0 bridgehead atoms. The van der Waals surface area contributed by atoms with Crippen molar-refractivity contribution in [1.29, 1.82) is 0 Å². The van der Waals surface area contributed by atoms with Gasteiger partial charge in [0, 0.05) is 11.1 Å². The molecule has 6 nitrogen and oxygen atoms in total. The molecule has 2 aromatic heterocycles. The average molecular weight is 226 g/mol. The number of para-hydroxylation sites is 1. The van der Waals surface area contributed by atoms with Crippen LogP contribution < -0.4 is 5.73 Å². The number of aromatic nitrogens is 5. The van der Waals surface area contributed by atoms with Crippen molar-refractivity contribution in [3.8, 4) is 5.69 Å². The Morgan fingerprint density at radius 3 is 2.82 bits per heavy atom. The lowest BCUT2D eigenvalue weighted by Crippen LogP contribution is -2.04. The summed E-state index contributed by atoms with van der Waals surface area (Å²) in [5.41, 5.74) is 8.27. The van der Waals surface area contributed by atoms with E-state index in [0.717, 1.165) is 22.3 Å². The van der Waals surface area contributed by atoms with Gasteiger partial charge in [0.15, 0.2) is 0 Å². The van der Waals surface area contributed by atoms with Crippen LogP contribution in [0.15, 0.2) is 30.3 Å². The quantitative estimate of drug-likeness (QED) is 0.671. The molecule has 3 rings (SSSR count). The first kappa shape index (κ1) is 9.71. The number of anilines is 1. The van der Waals surface area contributed by atoms with Gasteiger partial charge in [0.25, 0.3) is 0 Å². The molecule has 0 spiro atoms. The van der Waals surface area contributed by atoms with Crippen LogP contribution in [0.4, 0.5) is 5.95 Å². The highest BCUT2D eigenvalue weighted by atomic mass is 15.6. The molecular weight excluding hydrogens is 216 g/mol. The minimum absolute atomic E-state index is 0.251. The van der Waals surface area contributed by atoms with Crippen LogP contribution in [-0.2, 0) is 0 Å². The molecule has 0 amide bonds. The first-order valence-corrected chi connectivity index (χ1v) is 5.16. The molecular formula is C11H10N6. The molecule has 0 saturated carbocycles. The molecule has 1 aromatic carbocycles. The maximum absolute atomic E-state index is 5.70. The molecule has 0 saturated heterocycles. The number of nitrogens with zero attached hydrogens (tertiary/aromatic N) is 5. The van der Waals surface area contributed by atoms with Crippen LogP contribution in [0.2, 0.25) is 0 Å². The maximum Gasteiger partial charge on any atom is 0.245 e. The fourth-order valence-corrected chi connectivity index (χ4v) is 1.77. The molecule has 0 unspecified atom stereocenters. The van der Waals surface area contributed by atoms with Gasteiger partial charge in [-0.05, 0) is 29.5 Å². The number of benzene rings is 1. The predicted octanol–water partition coefficient (Wildman–Crippen LogP) is 1.10. The van der Waals surface area contributed by atoms with Crippen LogP contribution >= 0.6 is 0 Å². The number of nitrogens with two attached hydrogens (primary N) is 1. The molecule has 0 aliphatic carbocycles. The zero-order valence-electron chi connectivity index (χ0n) is 9.20. The Kier molecular flexibility index (Phi) is 2.01. The molecule has 0 fully saturated rings. The second-order valence-corrected chi connectivity index (χ2v) is 3.75. The van der Waals surface area contributed by atoms with Gasteiger partial charge in [-0.15, -0.1) is 0 Å². The van der Waals surface area contributed by atoms with E-state index in [1.807, 2.05) is 37.3 Å². The number of fused-ring (bicyclic) bond motifs is 1. The molecule has 2 heterocycles. The Bertz CT molecular complexity index is 687. The lowest BCUT2D eigenvalue weighted by atomic mass is 10.2. The number of tetrazole rings is 1. The second-order valence-electron chi connectivity index (χ2n) is 3.75. The zero-order valence-corrected chi connectivity index (χ0v) is 9.20. The summed E-state index contributed by atoms with van der Waals surface area (Å²) in [7, 11) is 0. The van der Waals surface area contributed by atoms with Gasteiger partial charge in [0.05, 0.1) is 11.2 Å². The van der Waals surface area contributed by atoms with Gasteiger partial charge in [-0.25, -0.2) is 0 Å². The summed E-state index contributed by atoms with van der Waals surface area (Å²) in [5, 5.41) is 12.1. The van der Waals surface area contributed by atoms with Crippen molar-refractivity contribution in [2.24, 2.45) is 0 Å². The van der Waals surface area contributed by atoms with E-state index in [0.29, 0.717) is 0 Å². The summed E-state index contributed by atoms with van der Waals surface area (Å²) in [4.78, 5) is 4.50. The van der Waals surface area contributed by atoms with Gasteiger partial charge in [-0.3, -0.25) is 4.98 Å². The zero-order chi connectivity index (χ0) is 11.8. The Morgan fingerprint density at radius 1 is 1.18 bits per heavy atom. The van der Waals surface area contributed by atoms with Crippen LogP contribution in [0.3, 0.4) is 0 Å². The van der Waals surface area contributed by atoms with Crippen LogP contribution in [0.5, 0.6) is 0 Å². The number of hydrogen-bond donors (Lipinski definition) is 1. The minimum Gasteiger partial charge on any atom is -0.366 e. The molecule has 0 radical (unpaired) electrons. The number of rotatable bonds is 1. The molecule has 2 N–H and O–H groups in total. The van der Waals surface area contributed by atoms with E-state index in [1.54, 1.807) is 0 Å². The number of nitrogen functional groups attached to an aromatic ring is 1. The lowest BCUT2D eigenvalue weighted by Gasteiger charge is -2.06. The highest BCUT2D eigenvalue weighted by molar-refractivity contribution is 5.86. The summed E-state index contributed by atoms with van der Waals surface area (Å²) in [6.07, 6.45) is 0. The third kappa shape index (κ3) is 1.50. The monoisotopic (exact) mass is 226 g/mol. The smallest absolute Gasteiger partial charge is 0.245 e. The summed E-state index contributed by atoms with van der Waals surface area (Å²) < 4.78 is 1.48. The Hall–Kier alpha value is -2.50. The van der Waals surface area contributed by atoms with E-state index in [-0.39, 0.29) is 5.95 Å². The minimum atomic E-state index is 0.251. The fourth-order valence-electron chi connectivity index (χ4n) is 1.77. The highest BCUT2D eigenvalue weighted by Crippen LogP contribution is 2.21. The topological polar surface area (TPSA) is 82.5 Å². The van der Waals surface area contributed by atoms with Crippen molar-refractivity contribution in [3.05, 3.63) is 36.0 Å². The summed E-state index contributed by atoms with van der Waals surface area (Å²) >= 11 is 0. The van der Waals surface area contributed by atoms with Gasteiger partial charge >= 0.3 is 0 Å². The fraction of sp³-hybridized carbons (Fsp3) is 0.0909. The first-order chi connectivity index (χ1) is 8.25. The molecule has 0 aliphatic rings. The lowest BCUT2D eigenvalue weighted by molar-refractivity contribution is 0.794. The SMILES string of the molecule is Cc1ccc2cccc(-n3nnnc3N)c2n1. The first-order valence-electron chi connectivity index (χ1n) is 5.16. The van der Waals surface area contributed by atoms with E-state index < -0.39 is 0 Å². The van der Waals surface area contributed by atoms with Gasteiger partial charge < -0.3 is 5.73 Å². The molecule has 3 aromatic rings. The highest BCUT2D eigenvalue weighted by Gasteiger charge is 2.09. The van der Waals surface area contributed by atoms with Crippen LogP contribution in [0, 0.1) is 6.92 Å². The van der Waals surface area contributed by atoms with Gasteiger partial charge in [0.2, 0.25) is 5.95 Å². The van der Waals surface area contributed by atoms with Crippen molar-refractivity contribution in [3.63, 3.8) is 0 Å². The molecule has 0 atom stereocenters. The van der Waals surface area contributed by atoms with E-state index in [1.165, 1.54) is 4.68 Å². The Balaban J connectivity index is 2.37. The van der Waals surface area contributed by atoms with Crippen LogP contribution in [-0.4, -0.2) is 25.2 Å². The number of pyridine rings is 1. The van der Waals surface area contributed by atoms with Crippen molar-refractivity contribution in [2.75, 3.05) is 5.73 Å². The van der Waals surface area contributed by atoms with E-state index >= 15 is 0 Å². The maximum atomic E-state index is 5.70. The van der Waals surface area contributed by atoms with Crippen LogP contribution in [0.1, 0.15) is 5.69 Å². The molecule has 17 heavy (non-hydrogen) atoms. The Morgan fingerprint density at radius 2 is 2.06 bits per heavy atom. The second kappa shape index (κ2) is 3.51. The predicted molar refractivity (Wildman–Crippen MR) is 63.6 cm³/mol. The summed E-state index contributed by atoms with van der Waals surface area (Å²) in [6, 6.07) is 9.79. The van der Waals surface area contributed by atoms with E-state index in [9.17, 15) is 0 Å². The average Bonchev–Trinajstić information content (AvgIpc) is 2.74. The summed E-state index contributed by atoms with van der Waals surface area (Å²) in [5.74, 6) is 0.251. The van der Waals surface area contributed by atoms with Crippen molar-refractivity contribution in [1.82, 2.24) is 25.2 Å². The third-order valence-corrected chi connectivity index (χ3v) is 2.56. The molecule has 0 aliphatic heterocycles. The van der Waals surface area contributed by atoms with Crippen molar-refractivity contribution < 1.29 is 0 Å². The van der Waals surface area contributed by atoms with Crippen molar-refractivity contribution >= 4 is 16.9 Å². The van der Waals surface area contributed by atoms with Gasteiger partial charge in [0.1, 0.15) is 0 Å². The van der Waals surface area contributed by atoms with Gasteiger partial charge in [-0.1, -0.05) is 23.3 Å². The van der Waals surface area contributed by atoms with E-state index in [2.05, 4.69) is 20.5 Å². The molecule has 84 valence electrons. The number of hydrogen-bond acceptors (Lipinski definition) is 5.